The van der Waals surface area contributed by atoms with Crippen LogP contribution in [-0.4, -0.2) is 9.97 Å². The van der Waals surface area contributed by atoms with E-state index in [1.807, 2.05) is 20.8 Å². The SMILES string of the molecule is Cc1nc(C(C)N)nc(C)c1C(C)C. The molecule has 14 heavy (non-hydrogen) atoms. The van der Waals surface area contributed by atoms with Gasteiger partial charge in [0.25, 0.3) is 0 Å². The molecular formula is C11H19N3. The molecule has 0 aliphatic carbocycles. The lowest BCUT2D eigenvalue weighted by molar-refractivity contribution is 0.706. The predicted octanol–water partition coefficient (Wildman–Crippen LogP) is 2.24. The van der Waals surface area contributed by atoms with Crippen molar-refractivity contribution in [1.82, 2.24) is 9.97 Å². The molecule has 78 valence electrons. The lowest BCUT2D eigenvalue weighted by atomic mass is 10.00. The summed E-state index contributed by atoms with van der Waals surface area (Å²) in [6.45, 7) is 10.3. The summed E-state index contributed by atoms with van der Waals surface area (Å²) >= 11 is 0. The first-order chi connectivity index (χ1) is 6.43. The third kappa shape index (κ3) is 2.10. The van der Waals surface area contributed by atoms with Crippen molar-refractivity contribution in [1.29, 1.82) is 0 Å². The van der Waals surface area contributed by atoms with Gasteiger partial charge < -0.3 is 5.73 Å². The average Bonchev–Trinajstić information content (AvgIpc) is 2.01. The molecule has 0 aliphatic rings. The van der Waals surface area contributed by atoms with Gasteiger partial charge in [-0.25, -0.2) is 9.97 Å². The first kappa shape index (κ1) is 11.1. The third-order valence-corrected chi connectivity index (χ3v) is 2.33. The van der Waals surface area contributed by atoms with Crippen molar-refractivity contribution in [2.75, 3.05) is 0 Å². The first-order valence-electron chi connectivity index (χ1n) is 5.04. The van der Waals surface area contributed by atoms with Gasteiger partial charge in [-0.3, -0.25) is 0 Å². The summed E-state index contributed by atoms with van der Waals surface area (Å²) in [5.74, 6) is 1.21. The summed E-state index contributed by atoms with van der Waals surface area (Å²) in [5, 5.41) is 0. The van der Waals surface area contributed by atoms with Crippen molar-refractivity contribution >= 4 is 0 Å². The third-order valence-electron chi connectivity index (χ3n) is 2.33. The van der Waals surface area contributed by atoms with Crippen molar-refractivity contribution in [3.05, 3.63) is 22.8 Å². The molecule has 0 saturated heterocycles. The Kier molecular flexibility index (Phi) is 3.21. The minimum Gasteiger partial charge on any atom is -0.322 e. The van der Waals surface area contributed by atoms with Gasteiger partial charge in [0.2, 0.25) is 0 Å². The van der Waals surface area contributed by atoms with Crippen LogP contribution in [0.3, 0.4) is 0 Å². The van der Waals surface area contributed by atoms with E-state index in [4.69, 9.17) is 5.73 Å². The number of hydrogen-bond acceptors (Lipinski definition) is 3. The lowest BCUT2D eigenvalue weighted by Gasteiger charge is -2.14. The predicted molar refractivity (Wildman–Crippen MR) is 58.2 cm³/mol. The molecule has 0 saturated carbocycles. The summed E-state index contributed by atoms with van der Waals surface area (Å²) in [6, 6.07) is -0.0892. The van der Waals surface area contributed by atoms with Crippen LogP contribution >= 0.6 is 0 Å². The molecule has 0 aliphatic heterocycles. The molecule has 0 fully saturated rings. The zero-order chi connectivity index (χ0) is 10.9. The minimum absolute atomic E-state index is 0.0892. The van der Waals surface area contributed by atoms with Crippen LogP contribution in [0.5, 0.6) is 0 Å². The van der Waals surface area contributed by atoms with Crippen LogP contribution in [0.4, 0.5) is 0 Å². The highest BCUT2D eigenvalue weighted by atomic mass is 14.9. The molecule has 0 spiro atoms. The zero-order valence-corrected chi connectivity index (χ0v) is 9.63. The van der Waals surface area contributed by atoms with Crippen LogP contribution in [0.2, 0.25) is 0 Å². The summed E-state index contributed by atoms with van der Waals surface area (Å²) < 4.78 is 0. The van der Waals surface area contributed by atoms with Crippen LogP contribution in [0.15, 0.2) is 0 Å². The summed E-state index contributed by atoms with van der Waals surface area (Å²) in [6.07, 6.45) is 0. The van der Waals surface area contributed by atoms with Crippen molar-refractivity contribution in [3.8, 4) is 0 Å². The van der Waals surface area contributed by atoms with Gasteiger partial charge in [0, 0.05) is 11.4 Å². The zero-order valence-electron chi connectivity index (χ0n) is 9.63. The van der Waals surface area contributed by atoms with Gasteiger partial charge in [0.15, 0.2) is 0 Å². The summed E-state index contributed by atoms with van der Waals surface area (Å²) in [7, 11) is 0. The molecule has 1 unspecified atom stereocenters. The van der Waals surface area contributed by atoms with E-state index < -0.39 is 0 Å². The quantitative estimate of drug-likeness (QED) is 0.783. The molecular weight excluding hydrogens is 174 g/mol. The molecule has 1 atom stereocenters. The first-order valence-corrected chi connectivity index (χ1v) is 5.04. The van der Waals surface area contributed by atoms with E-state index in [1.54, 1.807) is 0 Å². The van der Waals surface area contributed by atoms with E-state index in [1.165, 1.54) is 5.56 Å². The lowest BCUT2D eigenvalue weighted by Crippen LogP contribution is -2.14. The van der Waals surface area contributed by atoms with E-state index in [0.29, 0.717) is 5.92 Å². The van der Waals surface area contributed by atoms with Crippen LogP contribution in [0, 0.1) is 13.8 Å². The molecule has 1 heterocycles. The Morgan fingerprint density at radius 2 is 1.43 bits per heavy atom. The number of aryl methyl sites for hydroxylation is 2. The number of hydrogen-bond donors (Lipinski definition) is 1. The Labute approximate surface area is 85.8 Å². The van der Waals surface area contributed by atoms with E-state index in [0.717, 1.165) is 17.2 Å². The smallest absolute Gasteiger partial charge is 0.145 e. The van der Waals surface area contributed by atoms with Crippen molar-refractivity contribution in [3.63, 3.8) is 0 Å². The van der Waals surface area contributed by atoms with Crippen LogP contribution in [0.1, 0.15) is 55.5 Å². The Bertz CT molecular complexity index is 306. The van der Waals surface area contributed by atoms with E-state index >= 15 is 0 Å². The number of aromatic nitrogens is 2. The van der Waals surface area contributed by atoms with Gasteiger partial charge in [-0.05, 0) is 32.3 Å². The molecule has 0 aromatic carbocycles. The second kappa shape index (κ2) is 4.05. The van der Waals surface area contributed by atoms with Crippen molar-refractivity contribution < 1.29 is 0 Å². The van der Waals surface area contributed by atoms with Gasteiger partial charge in [-0.15, -0.1) is 0 Å². The van der Waals surface area contributed by atoms with Gasteiger partial charge >= 0.3 is 0 Å². The topological polar surface area (TPSA) is 51.8 Å². The van der Waals surface area contributed by atoms with E-state index in [2.05, 4.69) is 23.8 Å². The normalized spacial score (nSPS) is 13.4. The molecule has 0 radical (unpaired) electrons. The van der Waals surface area contributed by atoms with E-state index in [-0.39, 0.29) is 6.04 Å². The number of rotatable bonds is 2. The minimum atomic E-state index is -0.0892. The molecule has 1 aromatic rings. The maximum absolute atomic E-state index is 5.75. The summed E-state index contributed by atoms with van der Waals surface area (Å²) in [5.41, 5.74) is 9.11. The van der Waals surface area contributed by atoms with Crippen molar-refractivity contribution in [2.45, 2.75) is 46.6 Å². The Hall–Kier alpha value is -0.960. The Morgan fingerprint density at radius 1 is 1.00 bits per heavy atom. The standard InChI is InChI=1S/C11H19N3/c1-6(2)10-8(4)13-11(7(3)12)14-9(10)5/h6-7H,12H2,1-5H3. The van der Waals surface area contributed by atoms with Gasteiger partial charge in [-0.1, -0.05) is 13.8 Å². The van der Waals surface area contributed by atoms with Crippen LogP contribution in [-0.2, 0) is 0 Å². The highest BCUT2D eigenvalue weighted by Crippen LogP contribution is 2.21. The second-order valence-corrected chi connectivity index (χ2v) is 4.11. The maximum Gasteiger partial charge on any atom is 0.145 e. The van der Waals surface area contributed by atoms with Crippen molar-refractivity contribution in [2.24, 2.45) is 5.73 Å². The Morgan fingerprint density at radius 3 is 1.71 bits per heavy atom. The average molecular weight is 193 g/mol. The number of nitrogens with two attached hydrogens (primary N) is 1. The fourth-order valence-electron chi connectivity index (χ4n) is 1.79. The molecule has 3 heteroatoms. The van der Waals surface area contributed by atoms with Gasteiger partial charge in [0.05, 0.1) is 6.04 Å². The van der Waals surface area contributed by atoms with Crippen LogP contribution < -0.4 is 5.73 Å². The molecule has 0 bridgehead atoms. The Balaban J connectivity index is 3.25. The molecule has 0 amide bonds. The van der Waals surface area contributed by atoms with Gasteiger partial charge in [-0.2, -0.15) is 0 Å². The van der Waals surface area contributed by atoms with Gasteiger partial charge in [0.1, 0.15) is 5.82 Å². The monoisotopic (exact) mass is 193 g/mol. The van der Waals surface area contributed by atoms with E-state index in [9.17, 15) is 0 Å². The molecule has 2 N–H and O–H groups in total. The largest absolute Gasteiger partial charge is 0.322 e. The fraction of sp³-hybridized carbons (Fsp3) is 0.636. The molecule has 3 nitrogen and oxygen atoms in total. The maximum atomic E-state index is 5.75. The highest BCUT2D eigenvalue weighted by molar-refractivity contribution is 5.27. The number of nitrogens with zero attached hydrogens (tertiary/aromatic N) is 2. The molecule has 1 aromatic heterocycles. The second-order valence-electron chi connectivity index (χ2n) is 4.11. The molecule has 1 rings (SSSR count). The fourth-order valence-corrected chi connectivity index (χ4v) is 1.79. The highest BCUT2D eigenvalue weighted by Gasteiger charge is 2.12. The van der Waals surface area contributed by atoms with Crippen LogP contribution in [0.25, 0.3) is 0 Å². The summed E-state index contributed by atoms with van der Waals surface area (Å²) in [4.78, 5) is 8.84.